The molecule has 4 rings (SSSR count). The third kappa shape index (κ3) is 5.47. The molecule has 2 aliphatic heterocycles. The fourth-order valence-corrected chi connectivity index (χ4v) is 5.28. The monoisotopic (exact) mass is 472 g/mol. The van der Waals surface area contributed by atoms with Gasteiger partial charge < -0.3 is 25.2 Å². The van der Waals surface area contributed by atoms with Gasteiger partial charge in [-0.05, 0) is 37.5 Å². The van der Waals surface area contributed by atoms with Gasteiger partial charge in [0, 0.05) is 44.5 Å². The number of hydrogen-bond acceptors (Lipinski definition) is 7. The smallest absolute Gasteiger partial charge is 0.338 e. The number of amides is 2. The second kappa shape index (κ2) is 11.1. The topological polar surface area (TPSA) is 103 Å². The van der Waals surface area contributed by atoms with Gasteiger partial charge in [-0.1, -0.05) is 25.3 Å². The maximum Gasteiger partial charge on any atom is 0.338 e. The van der Waals surface area contributed by atoms with E-state index in [1.165, 1.54) is 45.3 Å². The SMILES string of the molecule is CCOc1cc([C@H]2NC(=O)NC(CN3CCN(C4CCCCC4)CC3)=C2C(=O)OC)ccc1O. The lowest BCUT2D eigenvalue weighted by molar-refractivity contribution is -0.136. The molecular formula is C25H36N4O5. The highest BCUT2D eigenvalue weighted by atomic mass is 16.5. The van der Waals surface area contributed by atoms with E-state index in [0.29, 0.717) is 41.8 Å². The number of carbonyl (C=O) groups is 2. The normalized spacial score (nSPS) is 22.8. The first-order valence-corrected chi connectivity index (χ1v) is 12.3. The second-order valence-electron chi connectivity index (χ2n) is 9.18. The summed E-state index contributed by atoms with van der Waals surface area (Å²) in [6, 6.07) is 4.45. The maximum absolute atomic E-state index is 12.9. The molecular weight excluding hydrogens is 436 g/mol. The van der Waals surface area contributed by atoms with Crippen LogP contribution >= 0.6 is 0 Å². The van der Waals surface area contributed by atoms with E-state index in [4.69, 9.17) is 9.47 Å². The summed E-state index contributed by atoms with van der Waals surface area (Å²) in [6.07, 6.45) is 6.57. The van der Waals surface area contributed by atoms with Crippen LogP contribution in [-0.4, -0.2) is 79.4 Å². The Hall–Kier alpha value is -2.78. The molecule has 0 radical (unpaired) electrons. The summed E-state index contributed by atoms with van der Waals surface area (Å²) in [7, 11) is 1.34. The zero-order chi connectivity index (χ0) is 24.1. The van der Waals surface area contributed by atoms with Crippen LogP contribution in [0.1, 0.15) is 50.6 Å². The third-order valence-electron chi connectivity index (χ3n) is 7.06. The van der Waals surface area contributed by atoms with Crippen molar-refractivity contribution >= 4 is 12.0 Å². The minimum atomic E-state index is -0.709. The van der Waals surface area contributed by atoms with Crippen LogP contribution in [0.25, 0.3) is 0 Å². The lowest BCUT2D eigenvalue weighted by Gasteiger charge is -2.41. The Bertz CT molecular complexity index is 920. The van der Waals surface area contributed by atoms with Gasteiger partial charge in [-0.2, -0.15) is 0 Å². The van der Waals surface area contributed by atoms with Gasteiger partial charge in [0.05, 0.1) is 25.3 Å². The Labute approximate surface area is 201 Å². The molecule has 2 fully saturated rings. The lowest BCUT2D eigenvalue weighted by atomic mass is 9.93. The molecule has 1 aromatic rings. The number of carbonyl (C=O) groups excluding carboxylic acids is 2. The van der Waals surface area contributed by atoms with Crippen molar-refractivity contribution in [3.63, 3.8) is 0 Å². The Kier molecular flexibility index (Phi) is 7.95. The molecule has 1 aliphatic carbocycles. The van der Waals surface area contributed by atoms with Crippen molar-refractivity contribution in [3.05, 3.63) is 35.0 Å². The Balaban J connectivity index is 1.54. The van der Waals surface area contributed by atoms with Crippen molar-refractivity contribution in [1.82, 2.24) is 20.4 Å². The number of rotatable bonds is 7. The molecule has 34 heavy (non-hydrogen) atoms. The summed E-state index contributed by atoms with van der Waals surface area (Å²) in [5.74, 6) is -0.192. The first kappa shape index (κ1) is 24.3. The van der Waals surface area contributed by atoms with Crippen LogP contribution < -0.4 is 15.4 Å². The average Bonchev–Trinajstić information content (AvgIpc) is 2.86. The van der Waals surface area contributed by atoms with Crippen LogP contribution in [0.3, 0.4) is 0 Å². The number of methoxy groups -OCH3 is 1. The summed E-state index contributed by atoms with van der Waals surface area (Å²) < 4.78 is 10.6. The molecule has 0 bridgehead atoms. The van der Waals surface area contributed by atoms with Gasteiger partial charge in [0.15, 0.2) is 11.5 Å². The highest BCUT2D eigenvalue weighted by Crippen LogP contribution is 2.34. The highest BCUT2D eigenvalue weighted by Gasteiger charge is 2.35. The minimum absolute atomic E-state index is 0.00511. The molecule has 1 saturated heterocycles. The first-order valence-electron chi connectivity index (χ1n) is 12.3. The number of phenols is 1. The average molecular weight is 473 g/mol. The van der Waals surface area contributed by atoms with Gasteiger partial charge in [0.2, 0.25) is 0 Å². The minimum Gasteiger partial charge on any atom is -0.504 e. The Morgan fingerprint density at radius 2 is 1.88 bits per heavy atom. The summed E-state index contributed by atoms with van der Waals surface area (Å²) in [5, 5.41) is 15.8. The number of hydrogen-bond donors (Lipinski definition) is 3. The van der Waals surface area contributed by atoms with Crippen LogP contribution in [0.4, 0.5) is 4.79 Å². The molecule has 1 saturated carbocycles. The number of urea groups is 1. The van der Waals surface area contributed by atoms with E-state index in [1.807, 2.05) is 6.92 Å². The van der Waals surface area contributed by atoms with Crippen molar-refractivity contribution in [1.29, 1.82) is 0 Å². The van der Waals surface area contributed by atoms with Crippen LogP contribution in [0.2, 0.25) is 0 Å². The number of aromatic hydroxyl groups is 1. The van der Waals surface area contributed by atoms with Crippen LogP contribution in [0, 0.1) is 0 Å². The van der Waals surface area contributed by atoms with Gasteiger partial charge >= 0.3 is 12.0 Å². The van der Waals surface area contributed by atoms with E-state index in [2.05, 4.69) is 20.4 Å². The largest absolute Gasteiger partial charge is 0.504 e. The number of nitrogens with one attached hydrogen (secondary N) is 2. The number of piperazine rings is 1. The van der Waals surface area contributed by atoms with Crippen molar-refractivity contribution in [2.45, 2.75) is 51.1 Å². The molecule has 1 atom stereocenters. The quantitative estimate of drug-likeness (QED) is 0.524. The lowest BCUT2D eigenvalue weighted by Crippen LogP contribution is -2.53. The fourth-order valence-electron chi connectivity index (χ4n) is 5.28. The van der Waals surface area contributed by atoms with Gasteiger partial charge in [-0.25, -0.2) is 9.59 Å². The molecule has 1 aromatic carbocycles. The highest BCUT2D eigenvalue weighted by molar-refractivity contribution is 5.95. The van der Waals surface area contributed by atoms with Crippen molar-refractivity contribution in [3.8, 4) is 11.5 Å². The van der Waals surface area contributed by atoms with Gasteiger partial charge in [-0.15, -0.1) is 0 Å². The molecule has 3 aliphatic rings. The molecule has 0 aromatic heterocycles. The molecule has 2 amide bonds. The summed E-state index contributed by atoms with van der Waals surface area (Å²) >= 11 is 0. The predicted octanol–water partition coefficient (Wildman–Crippen LogP) is 2.52. The van der Waals surface area contributed by atoms with E-state index in [1.54, 1.807) is 12.1 Å². The second-order valence-corrected chi connectivity index (χ2v) is 9.18. The predicted molar refractivity (Wildman–Crippen MR) is 128 cm³/mol. The zero-order valence-corrected chi connectivity index (χ0v) is 20.1. The summed E-state index contributed by atoms with van der Waals surface area (Å²) in [4.78, 5) is 30.3. The molecule has 2 heterocycles. The number of esters is 1. The maximum atomic E-state index is 12.9. The Morgan fingerprint density at radius 3 is 2.56 bits per heavy atom. The standard InChI is InChI=1S/C25H36N4O5/c1-3-34-21-15-17(9-10-20(21)30)23-22(24(31)33-2)19(26-25(32)27-23)16-28-11-13-29(14-12-28)18-7-5-4-6-8-18/h9-10,15,18,23,30H,3-8,11-14,16H2,1-2H3,(H2,26,27,32)/t23-/m1/s1. The fraction of sp³-hybridized carbons (Fsp3) is 0.600. The van der Waals surface area contributed by atoms with Crippen LogP contribution in [0.15, 0.2) is 29.5 Å². The number of benzene rings is 1. The molecule has 0 unspecified atom stereocenters. The summed E-state index contributed by atoms with van der Waals surface area (Å²) in [6.45, 7) is 6.43. The molecule has 0 spiro atoms. The zero-order valence-electron chi connectivity index (χ0n) is 20.1. The van der Waals surface area contributed by atoms with E-state index >= 15 is 0 Å². The number of ether oxygens (including phenoxy) is 2. The van der Waals surface area contributed by atoms with E-state index in [-0.39, 0.29) is 11.8 Å². The third-order valence-corrected chi connectivity index (χ3v) is 7.06. The first-order chi connectivity index (χ1) is 16.5. The molecule has 186 valence electrons. The molecule has 9 nitrogen and oxygen atoms in total. The molecule has 3 N–H and O–H groups in total. The summed E-state index contributed by atoms with van der Waals surface area (Å²) in [5.41, 5.74) is 1.55. The number of phenolic OH excluding ortho intramolecular Hbond substituents is 1. The number of nitrogens with zero attached hydrogens (tertiary/aromatic N) is 2. The van der Waals surface area contributed by atoms with Crippen molar-refractivity contribution in [2.75, 3.05) is 46.4 Å². The van der Waals surface area contributed by atoms with Crippen molar-refractivity contribution in [2.24, 2.45) is 0 Å². The van der Waals surface area contributed by atoms with E-state index in [9.17, 15) is 14.7 Å². The Morgan fingerprint density at radius 1 is 1.15 bits per heavy atom. The molecule has 9 heteroatoms. The van der Waals surface area contributed by atoms with Gasteiger partial charge in [0.25, 0.3) is 0 Å². The van der Waals surface area contributed by atoms with E-state index < -0.39 is 12.0 Å². The van der Waals surface area contributed by atoms with Gasteiger partial charge in [-0.3, -0.25) is 9.80 Å². The van der Waals surface area contributed by atoms with E-state index in [0.717, 1.165) is 26.2 Å². The van der Waals surface area contributed by atoms with Crippen molar-refractivity contribution < 1.29 is 24.2 Å². The van der Waals surface area contributed by atoms with Crippen LogP contribution in [0.5, 0.6) is 11.5 Å². The van der Waals surface area contributed by atoms with Crippen LogP contribution in [-0.2, 0) is 9.53 Å². The van der Waals surface area contributed by atoms with Gasteiger partial charge in [0.1, 0.15) is 0 Å².